The van der Waals surface area contributed by atoms with Gasteiger partial charge in [-0.2, -0.15) is 0 Å². The first kappa shape index (κ1) is 27.0. The minimum absolute atomic E-state index is 0.0631. The van der Waals surface area contributed by atoms with Crippen LogP contribution in [0.25, 0.3) is 0 Å². The van der Waals surface area contributed by atoms with Gasteiger partial charge in [0, 0.05) is 24.4 Å². The molecule has 0 spiro atoms. The van der Waals surface area contributed by atoms with Crippen molar-refractivity contribution in [2.45, 2.75) is 52.0 Å². The first-order chi connectivity index (χ1) is 18.0. The number of ether oxygens (including phenoxy) is 4. The maximum absolute atomic E-state index is 13.1. The highest BCUT2D eigenvalue weighted by Gasteiger charge is 2.34. The molecule has 1 heterocycles. The van der Waals surface area contributed by atoms with Crippen molar-refractivity contribution in [3.63, 3.8) is 0 Å². The van der Waals surface area contributed by atoms with E-state index in [9.17, 15) is 9.59 Å². The lowest BCUT2D eigenvalue weighted by atomic mass is 9.85. The van der Waals surface area contributed by atoms with Crippen LogP contribution in [0.4, 0.5) is 0 Å². The van der Waals surface area contributed by atoms with Crippen molar-refractivity contribution in [1.29, 1.82) is 0 Å². The van der Waals surface area contributed by atoms with Crippen LogP contribution in [0, 0.1) is 11.8 Å². The van der Waals surface area contributed by atoms with Crippen LogP contribution in [-0.2, 0) is 22.5 Å². The molecule has 200 valence electrons. The molecule has 0 amide bonds. The average Bonchev–Trinajstić information content (AvgIpc) is 3.21. The Morgan fingerprint density at radius 3 is 2.41 bits per heavy atom. The summed E-state index contributed by atoms with van der Waals surface area (Å²) in [6, 6.07) is 12.0. The van der Waals surface area contributed by atoms with Crippen molar-refractivity contribution >= 4 is 11.8 Å². The number of ketones is 1. The fourth-order valence-corrected chi connectivity index (χ4v) is 5.46. The molecule has 1 unspecified atom stereocenters. The van der Waals surface area contributed by atoms with Crippen molar-refractivity contribution < 1.29 is 28.5 Å². The molecule has 0 N–H and O–H groups in total. The standard InChI is InChI=1S/C30H39NO6/c1-4-36-29(32)6-5-15-37-25-9-7-22(8-10-25)20-31-13-11-21(12-14-31)16-24-17-23-18-27(34-2)28(35-3)19-26(23)30(24)33/h7-10,18-19,21,24H,4-6,11-17,20H2,1-3H3. The number of benzene rings is 2. The lowest BCUT2D eigenvalue weighted by molar-refractivity contribution is -0.143. The molecule has 0 aromatic heterocycles. The van der Waals surface area contributed by atoms with Crippen LogP contribution in [0.1, 0.15) is 60.5 Å². The van der Waals surface area contributed by atoms with Gasteiger partial charge in [-0.1, -0.05) is 12.1 Å². The molecule has 0 radical (unpaired) electrons. The number of carbonyl (C=O) groups is 2. The zero-order valence-electron chi connectivity index (χ0n) is 22.3. The molecule has 1 saturated heterocycles. The highest BCUT2D eigenvalue weighted by Crippen LogP contribution is 2.39. The SMILES string of the molecule is CCOC(=O)CCCOc1ccc(CN2CCC(CC3Cc4cc(OC)c(OC)cc4C3=O)CC2)cc1. The molecule has 7 nitrogen and oxygen atoms in total. The first-order valence-electron chi connectivity index (χ1n) is 13.4. The minimum Gasteiger partial charge on any atom is -0.494 e. The summed E-state index contributed by atoms with van der Waals surface area (Å²) in [6.07, 6.45) is 5.02. The molecule has 2 aromatic rings. The van der Waals surface area contributed by atoms with Gasteiger partial charge in [0.25, 0.3) is 0 Å². The minimum atomic E-state index is -0.175. The van der Waals surface area contributed by atoms with Gasteiger partial charge < -0.3 is 18.9 Å². The first-order valence-corrected chi connectivity index (χ1v) is 13.4. The van der Waals surface area contributed by atoms with Crippen LogP contribution in [-0.4, -0.2) is 57.2 Å². The number of carbonyl (C=O) groups excluding carboxylic acids is 2. The quantitative estimate of drug-likeness (QED) is 0.292. The lowest BCUT2D eigenvalue weighted by Gasteiger charge is -2.33. The van der Waals surface area contributed by atoms with Gasteiger partial charge in [0.1, 0.15) is 5.75 Å². The summed E-state index contributed by atoms with van der Waals surface area (Å²) in [7, 11) is 3.24. The highest BCUT2D eigenvalue weighted by molar-refractivity contribution is 6.02. The smallest absolute Gasteiger partial charge is 0.305 e. The van der Waals surface area contributed by atoms with E-state index >= 15 is 0 Å². The van der Waals surface area contributed by atoms with E-state index in [0.717, 1.165) is 62.2 Å². The van der Waals surface area contributed by atoms with Crippen LogP contribution in [0.15, 0.2) is 36.4 Å². The summed E-state index contributed by atoms with van der Waals surface area (Å²) in [6.45, 7) is 5.75. The number of fused-ring (bicyclic) bond motifs is 1. The molecule has 1 aliphatic carbocycles. The van der Waals surface area contributed by atoms with E-state index in [0.29, 0.717) is 43.5 Å². The van der Waals surface area contributed by atoms with Gasteiger partial charge in [-0.15, -0.1) is 0 Å². The van der Waals surface area contributed by atoms with Gasteiger partial charge in [-0.25, -0.2) is 0 Å². The summed E-state index contributed by atoms with van der Waals surface area (Å²) in [5.74, 6) is 2.85. The number of esters is 1. The second-order valence-corrected chi connectivity index (χ2v) is 9.99. The third kappa shape index (κ3) is 7.04. The second-order valence-electron chi connectivity index (χ2n) is 9.99. The van der Waals surface area contributed by atoms with Gasteiger partial charge in [-0.05, 0) is 93.4 Å². The Bertz CT molecular complexity index is 1060. The van der Waals surface area contributed by atoms with Crippen molar-refractivity contribution in [2.75, 3.05) is 40.5 Å². The Morgan fingerprint density at radius 1 is 1.03 bits per heavy atom. The summed E-state index contributed by atoms with van der Waals surface area (Å²) >= 11 is 0. The summed E-state index contributed by atoms with van der Waals surface area (Å²) in [5, 5.41) is 0. The van der Waals surface area contributed by atoms with Crippen LogP contribution >= 0.6 is 0 Å². The number of hydrogen-bond acceptors (Lipinski definition) is 7. The summed E-state index contributed by atoms with van der Waals surface area (Å²) < 4.78 is 21.5. The fourth-order valence-electron chi connectivity index (χ4n) is 5.46. The van der Waals surface area contributed by atoms with E-state index in [1.54, 1.807) is 14.2 Å². The van der Waals surface area contributed by atoms with Gasteiger partial charge >= 0.3 is 5.97 Å². The molecule has 0 saturated carbocycles. The zero-order valence-corrected chi connectivity index (χ0v) is 22.3. The van der Waals surface area contributed by atoms with Gasteiger partial charge in [0.15, 0.2) is 17.3 Å². The number of nitrogens with zero attached hydrogens (tertiary/aromatic N) is 1. The molecule has 1 aliphatic heterocycles. The van der Waals surface area contributed by atoms with Crippen molar-refractivity contribution in [1.82, 2.24) is 4.90 Å². The zero-order chi connectivity index (χ0) is 26.2. The summed E-state index contributed by atoms with van der Waals surface area (Å²) in [4.78, 5) is 27.0. The third-order valence-corrected chi connectivity index (χ3v) is 7.47. The average molecular weight is 510 g/mol. The van der Waals surface area contributed by atoms with Gasteiger partial charge in [0.2, 0.25) is 0 Å². The number of hydrogen-bond donors (Lipinski definition) is 0. The molecular weight excluding hydrogens is 470 g/mol. The fraction of sp³-hybridized carbons (Fsp3) is 0.533. The largest absolute Gasteiger partial charge is 0.494 e. The van der Waals surface area contributed by atoms with E-state index in [4.69, 9.17) is 18.9 Å². The molecule has 1 atom stereocenters. The molecule has 4 rings (SSSR count). The maximum atomic E-state index is 13.1. The van der Waals surface area contributed by atoms with Crippen molar-refractivity contribution in [3.8, 4) is 17.2 Å². The van der Waals surface area contributed by atoms with Crippen LogP contribution in [0.2, 0.25) is 0 Å². The number of methoxy groups -OCH3 is 2. The number of piperidine rings is 1. The Balaban J connectivity index is 1.19. The molecule has 2 aromatic carbocycles. The van der Waals surface area contributed by atoms with E-state index in [1.165, 1.54) is 5.56 Å². The van der Waals surface area contributed by atoms with Gasteiger partial charge in [-0.3, -0.25) is 14.5 Å². The molecule has 2 aliphatic rings. The predicted molar refractivity (Wildman–Crippen MR) is 141 cm³/mol. The maximum Gasteiger partial charge on any atom is 0.305 e. The normalized spacial score (nSPS) is 17.9. The topological polar surface area (TPSA) is 74.3 Å². The molecule has 1 fully saturated rings. The Morgan fingerprint density at radius 2 is 1.73 bits per heavy atom. The molecular formula is C30H39NO6. The van der Waals surface area contributed by atoms with E-state index in [-0.39, 0.29) is 17.7 Å². The number of likely N-dealkylation sites (tertiary alicyclic amines) is 1. The van der Waals surface area contributed by atoms with E-state index < -0.39 is 0 Å². The van der Waals surface area contributed by atoms with E-state index in [1.807, 2.05) is 31.2 Å². The molecule has 0 bridgehead atoms. The number of Topliss-reactive ketones (excluding diaryl/α,β-unsaturated/α-hetero) is 1. The highest BCUT2D eigenvalue weighted by atomic mass is 16.5. The Hall–Kier alpha value is -3.06. The van der Waals surface area contributed by atoms with Crippen molar-refractivity contribution in [2.24, 2.45) is 11.8 Å². The Kier molecular flexibility index (Phi) is 9.45. The van der Waals surface area contributed by atoms with E-state index in [2.05, 4.69) is 17.0 Å². The predicted octanol–water partition coefficient (Wildman–Crippen LogP) is 5.08. The van der Waals surface area contributed by atoms with Crippen LogP contribution in [0.3, 0.4) is 0 Å². The molecule has 37 heavy (non-hydrogen) atoms. The summed E-state index contributed by atoms with van der Waals surface area (Å²) in [5.41, 5.74) is 3.14. The van der Waals surface area contributed by atoms with Gasteiger partial charge in [0.05, 0.1) is 27.4 Å². The van der Waals surface area contributed by atoms with Crippen LogP contribution < -0.4 is 14.2 Å². The number of rotatable bonds is 12. The van der Waals surface area contributed by atoms with Crippen LogP contribution in [0.5, 0.6) is 17.2 Å². The molecule has 7 heteroatoms. The lowest BCUT2D eigenvalue weighted by Crippen LogP contribution is -2.34. The second kappa shape index (κ2) is 13.0. The van der Waals surface area contributed by atoms with Crippen molar-refractivity contribution in [3.05, 3.63) is 53.1 Å². The monoisotopic (exact) mass is 509 g/mol. The Labute approximate surface area is 220 Å². The third-order valence-electron chi connectivity index (χ3n) is 7.47.